The van der Waals surface area contributed by atoms with Gasteiger partial charge in [0.25, 0.3) is 0 Å². The second kappa shape index (κ2) is 6.07. The van der Waals surface area contributed by atoms with Crippen LogP contribution in [0.4, 0.5) is 0 Å². The first-order valence-electron chi connectivity index (χ1n) is 6.32. The van der Waals surface area contributed by atoms with Gasteiger partial charge in [-0.05, 0) is 32.3 Å². The van der Waals surface area contributed by atoms with Crippen LogP contribution in [0.15, 0.2) is 6.07 Å². The lowest BCUT2D eigenvalue weighted by Crippen LogP contribution is -2.16. The number of aliphatic hydroxyl groups is 1. The molecular weight excluding hydrogens is 216 g/mol. The molecule has 0 aliphatic carbocycles. The van der Waals surface area contributed by atoms with Crippen LogP contribution in [-0.2, 0) is 11.2 Å². The zero-order chi connectivity index (χ0) is 12.1. The van der Waals surface area contributed by atoms with Gasteiger partial charge in [-0.2, -0.15) is 0 Å². The molecule has 4 heteroatoms. The molecule has 0 saturated carbocycles. The second-order valence-corrected chi connectivity index (χ2v) is 4.56. The fraction of sp³-hybridized carbons (Fsp3) is 0.692. The van der Waals surface area contributed by atoms with Crippen molar-refractivity contribution in [1.82, 2.24) is 9.97 Å². The van der Waals surface area contributed by atoms with E-state index >= 15 is 0 Å². The Morgan fingerprint density at radius 1 is 1.35 bits per heavy atom. The van der Waals surface area contributed by atoms with Crippen LogP contribution in [0, 0.1) is 6.92 Å². The molecule has 1 saturated heterocycles. The van der Waals surface area contributed by atoms with Gasteiger partial charge >= 0.3 is 0 Å². The van der Waals surface area contributed by atoms with Crippen molar-refractivity contribution in [3.8, 4) is 0 Å². The fourth-order valence-corrected chi connectivity index (χ4v) is 2.21. The summed E-state index contributed by atoms with van der Waals surface area (Å²) in [7, 11) is 0. The molecule has 17 heavy (non-hydrogen) atoms. The normalized spacial score (nSPS) is 17.3. The number of ether oxygens (including phenoxy) is 1. The van der Waals surface area contributed by atoms with Crippen LogP contribution in [-0.4, -0.2) is 34.9 Å². The van der Waals surface area contributed by atoms with Gasteiger partial charge in [-0.3, -0.25) is 0 Å². The van der Waals surface area contributed by atoms with E-state index in [0.29, 0.717) is 5.92 Å². The van der Waals surface area contributed by atoms with Gasteiger partial charge in [0.15, 0.2) is 0 Å². The summed E-state index contributed by atoms with van der Waals surface area (Å²) in [6.07, 6.45) is 3.59. The smallest absolute Gasteiger partial charge is 0.128 e. The third-order valence-corrected chi connectivity index (χ3v) is 3.12. The van der Waals surface area contributed by atoms with Crippen LogP contribution >= 0.6 is 0 Å². The first-order chi connectivity index (χ1) is 8.29. The van der Waals surface area contributed by atoms with Gasteiger partial charge in [0.1, 0.15) is 5.82 Å². The van der Waals surface area contributed by atoms with E-state index in [1.54, 1.807) is 0 Å². The second-order valence-electron chi connectivity index (χ2n) is 4.56. The van der Waals surface area contributed by atoms with E-state index in [2.05, 4.69) is 16.0 Å². The summed E-state index contributed by atoms with van der Waals surface area (Å²) in [6.45, 7) is 3.87. The Morgan fingerprint density at radius 2 is 2.12 bits per heavy atom. The van der Waals surface area contributed by atoms with Crippen molar-refractivity contribution in [2.75, 3.05) is 19.8 Å². The quantitative estimate of drug-likeness (QED) is 0.862. The first-order valence-corrected chi connectivity index (χ1v) is 6.32. The molecule has 2 rings (SSSR count). The predicted octanol–water partition coefficient (Wildman–Crippen LogP) is 1.60. The van der Waals surface area contributed by atoms with E-state index in [9.17, 15) is 0 Å². The zero-order valence-corrected chi connectivity index (χ0v) is 10.4. The van der Waals surface area contributed by atoms with Crippen molar-refractivity contribution < 1.29 is 9.84 Å². The molecule has 1 fully saturated rings. The number of aryl methyl sites for hydroxylation is 2. The molecule has 1 aliphatic rings. The van der Waals surface area contributed by atoms with E-state index in [4.69, 9.17) is 9.84 Å². The maximum atomic E-state index is 8.84. The SMILES string of the molecule is Cc1cc(C2CCOCC2)nc(CCCO)n1. The highest BCUT2D eigenvalue weighted by molar-refractivity contribution is 5.15. The maximum Gasteiger partial charge on any atom is 0.128 e. The average Bonchev–Trinajstić information content (AvgIpc) is 2.37. The minimum atomic E-state index is 0.198. The zero-order valence-electron chi connectivity index (χ0n) is 10.4. The van der Waals surface area contributed by atoms with E-state index in [1.807, 2.05) is 6.92 Å². The Morgan fingerprint density at radius 3 is 2.82 bits per heavy atom. The highest BCUT2D eigenvalue weighted by Gasteiger charge is 2.18. The Kier molecular flexibility index (Phi) is 4.45. The van der Waals surface area contributed by atoms with Gasteiger partial charge in [-0.15, -0.1) is 0 Å². The molecular formula is C13H20N2O2. The Hall–Kier alpha value is -1.00. The van der Waals surface area contributed by atoms with E-state index in [1.165, 1.54) is 0 Å². The molecule has 0 bridgehead atoms. The molecule has 2 heterocycles. The van der Waals surface area contributed by atoms with E-state index in [0.717, 1.165) is 56.1 Å². The van der Waals surface area contributed by atoms with Crippen LogP contribution in [0.5, 0.6) is 0 Å². The Bertz CT molecular complexity index is 362. The maximum absolute atomic E-state index is 8.84. The molecule has 94 valence electrons. The largest absolute Gasteiger partial charge is 0.396 e. The van der Waals surface area contributed by atoms with Crippen molar-refractivity contribution in [3.05, 3.63) is 23.3 Å². The predicted molar refractivity (Wildman–Crippen MR) is 65.0 cm³/mol. The number of hydrogen-bond acceptors (Lipinski definition) is 4. The van der Waals surface area contributed by atoms with Crippen LogP contribution in [0.1, 0.15) is 42.4 Å². The van der Waals surface area contributed by atoms with Gasteiger partial charge in [0.2, 0.25) is 0 Å². The highest BCUT2D eigenvalue weighted by Crippen LogP contribution is 2.25. The van der Waals surface area contributed by atoms with Crippen LogP contribution in [0.25, 0.3) is 0 Å². The van der Waals surface area contributed by atoms with Crippen molar-refractivity contribution in [2.24, 2.45) is 0 Å². The monoisotopic (exact) mass is 236 g/mol. The van der Waals surface area contributed by atoms with Crippen LogP contribution < -0.4 is 0 Å². The first kappa shape index (κ1) is 12.5. The van der Waals surface area contributed by atoms with Crippen molar-refractivity contribution in [1.29, 1.82) is 0 Å². The van der Waals surface area contributed by atoms with Crippen LogP contribution in [0.3, 0.4) is 0 Å². The molecule has 1 aromatic rings. The third-order valence-electron chi connectivity index (χ3n) is 3.12. The minimum absolute atomic E-state index is 0.198. The van der Waals surface area contributed by atoms with Gasteiger partial charge in [0, 0.05) is 43.5 Å². The molecule has 1 aliphatic heterocycles. The van der Waals surface area contributed by atoms with E-state index < -0.39 is 0 Å². The lowest BCUT2D eigenvalue weighted by Gasteiger charge is -2.22. The third kappa shape index (κ3) is 3.48. The summed E-state index contributed by atoms with van der Waals surface area (Å²) in [4.78, 5) is 9.03. The van der Waals surface area contributed by atoms with Gasteiger partial charge < -0.3 is 9.84 Å². The summed E-state index contributed by atoms with van der Waals surface area (Å²) in [5.41, 5.74) is 2.17. The molecule has 0 amide bonds. The Labute approximate surface area is 102 Å². The highest BCUT2D eigenvalue weighted by atomic mass is 16.5. The van der Waals surface area contributed by atoms with Crippen molar-refractivity contribution in [2.45, 2.75) is 38.5 Å². The standard InChI is InChI=1S/C13H20N2O2/c1-10-9-12(11-4-7-17-8-5-11)15-13(14-10)3-2-6-16/h9,11,16H,2-8H2,1H3. The molecule has 0 unspecified atom stereocenters. The number of aliphatic hydroxyl groups excluding tert-OH is 1. The Balaban J connectivity index is 2.12. The summed E-state index contributed by atoms with van der Waals surface area (Å²) >= 11 is 0. The number of hydrogen-bond donors (Lipinski definition) is 1. The molecule has 1 aromatic heterocycles. The average molecular weight is 236 g/mol. The molecule has 0 atom stereocenters. The topological polar surface area (TPSA) is 55.2 Å². The number of nitrogens with zero attached hydrogens (tertiary/aromatic N) is 2. The lowest BCUT2D eigenvalue weighted by atomic mass is 9.96. The van der Waals surface area contributed by atoms with Crippen molar-refractivity contribution >= 4 is 0 Å². The fourth-order valence-electron chi connectivity index (χ4n) is 2.21. The molecule has 0 aromatic carbocycles. The molecule has 4 nitrogen and oxygen atoms in total. The summed E-state index contributed by atoms with van der Waals surface area (Å²) in [5, 5.41) is 8.84. The summed E-state index contributed by atoms with van der Waals surface area (Å²) < 4.78 is 5.37. The summed E-state index contributed by atoms with van der Waals surface area (Å²) in [5.74, 6) is 1.37. The van der Waals surface area contributed by atoms with Crippen LogP contribution in [0.2, 0.25) is 0 Å². The van der Waals surface area contributed by atoms with Crippen molar-refractivity contribution in [3.63, 3.8) is 0 Å². The lowest BCUT2D eigenvalue weighted by molar-refractivity contribution is 0.0844. The molecule has 0 radical (unpaired) electrons. The van der Waals surface area contributed by atoms with Gasteiger partial charge in [-0.25, -0.2) is 9.97 Å². The minimum Gasteiger partial charge on any atom is -0.396 e. The molecule has 1 N–H and O–H groups in total. The number of aromatic nitrogens is 2. The molecule has 0 spiro atoms. The number of rotatable bonds is 4. The summed E-state index contributed by atoms with van der Waals surface area (Å²) in [6, 6.07) is 2.08. The van der Waals surface area contributed by atoms with Gasteiger partial charge in [-0.1, -0.05) is 0 Å². The van der Waals surface area contributed by atoms with E-state index in [-0.39, 0.29) is 6.61 Å². The van der Waals surface area contributed by atoms with Gasteiger partial charge in [0.05, 0.1) is 0 Å².